The van der Waals surface area contributed by atoms with Gasteiger partial charge in [-0.1, -0.05) is 0 Å². The van der Waals surface area contributed by atoms with Gasteiger partial charge in [-0.2, -0.15) is 0 Å². The molecule has 1 aromatic rings. The van der Waals surface area contributed by atoms with Crippen molar-refractivity contribution in [3.63, 3.8) is 0 Å². The third-order valence-electron chi connectivity index (χ3n) is 3.31. The first-order chi connectivity index (χ1) is 8.22. The van der Waals surface area contributed by atoms with Gasteiger partial charge in [-0.05, 0) is 38.3 Å². The van der Waals surface area contributed by atoms with Crippen LogP contribution < -0.4 is 5.32 Å². The summed E-state index contributed by atoms with van der Waals surface area (Å²) in [6.45, 7) is 2.82. The van der Waals surface area contributed by atoms with Gasteiger partial charge in [0.1, 0.15) is 5.82 Å². The highest BCUT2D eigenvalue weighted by molar-refractivity contribution is 5.94. The molecule has 0 saturated heterocycles. The number of rotatable bonds is 4. The molecule has 0 spiro atoms. The molecule has 1 N–H and O–H groups in total. The number of hydrogen-bond donors (Lipinski definition) is 1. The number of carbonyl (C=O) groups is 1. The molecular formula is C13H19N3O. The first-order valence-corrected chi connectivity index (χ1v) is 6.19. The van der Waals surface area contributed by atoms with Gasteiger partial charge in [-0.25, -0.2) is 4.98 Å². The molecule has 1 aliphatic carbocycles. The largest absolute Gasteiger partial charge is 0.370 e. The number of aromatic nitrogens is 1. The third-order valence-corrected chi connectivity index (χ3v) is 3.31. The molecule has 0 aliphatic heterocycles. The van der Waals surface area contributed by atoms with Gasteiger partial charge in [-0.15, -0.1) is 0 Å². The molecule has 17 heavy (non-hydrogen) atoms. The van der Waals surface area contributed by atoms with Gasteiger partial charge in [0.25, 0.3) is 5.91 Å². The van der Waals surface area contributed by atoms with Crippen molar-refractivity contribution < 1.29 is 4.79 Å². The van der Waals surface area contributed by atoms with Crippen LogP contribution in [-0.4, -0.2) is 35.4 Å². The number of hydrogen-bond acceptors (Lipinski definition) is 3. The summed E-state index contributed by atoms with van der Waals surface area (Å²) in [6, 6.07) is 4.03. The van der Waals surface area contributed by atoms with Crippen LogP contribution in [0.15, 0.2) is 18.3 Å². The van der Waals surface area contributed by atoms with E-state index in [-0.39, 0.29) is 5.91 Å². The second-order valence-corrected chi connectivity index (χ2v) is 4.46. The Hall–Kier alpha value is -1.58. The number of carbonyl (C=O) groups excluding carboxylic acids is 1. The van der Waals surface area contributed by atoms with E-state index in [2.05, 4.69) is 10.3 Å². The zero-order valence-electron chi connectivity index (χ0n) is 10.4. The first kappa shape index (κ1) is 11.9. The van der Waals surface area contributed by atoms with E-state index in [0.717, 1.165) is 25.2 Å². The van der Waals surface area contributed by atoms with Crippen LogP contribution in [0.3, 0.4) is 0 Å². The molecule has 4 nitrogen and oxygen atoms in total. The monoisotopic (exact) mass is 233 g/mol. The molecule has 0 aromatic carbocycles. The third kappa shape index (κ3) is 2.57. The number of nitrogens with zero attached hydrogens (tertiary/aromatic N) is 2. The van der Waals surface area contributed by atoms with Crippen molar-refractivity contribution in [3.05, 3.63) is 23.9 Å². The predicted octanol–water partition coefficient (Wildman–Crippen LogP) is 2.14. The summed E-state index contributed by atoms with van der Waals surface area (Å²) in [5, 5.41) is 3.12. The number of anilines is 1. The van der Waals surface area contributed by atoms with Crippen LogP contribution >= 0.6 is 0 Å². The van der Waals surface area contributed by atoms with Gasteiger partial charge in [0.05, 0.1) is 0 Å². The van der Waals surface area contributed by atoms with Crippen molar-refractivity contribution in [1.29, 1.82) is 0 Å². The van der Waals surface area contributed by atoms with Crippen LogP contribution in [0.25, 0.3) is 0 Å². The Morgan fingerprint density at radius 2 is 2.35 bits per heavy atom. The van der Waals surface area contributed by atoms with E-state index >= 15 is 0 Å². The Morgan fingerprint density at radius 1 is 1.59 bits per heavy atom. The molecule has 0 bridgehead atoms. The van der Waals surface area contributed by atoms with Crippen LogP contribution in [0, 0.1) is 0 Å². The standard InChI is InChI=1S/C13H19N3O/c1-3-14-12-9-10(7-8-15-12)13(17)16(2)11-5-4-6-11/h7-9,11H,3-6H2,1-2H3,(H,14,15). The fraction of sp³-hybridized carbons (Fsp3) is 0.538. The van der Waals surface area contributed by atoms with Gasteiger partial charge in [0.15, 0.2) is 0 Å². The lowest BCUT2D eigenvalue weighted by molar-refractivity contribution is 0.0652. The SMILES string of the molecule is CCNc1cc(C(=O)N(C)C2CCC2)ccn1. The molecule has 1 aliphatic rings. The molecule has 1 heterocycles. The van der Waals surface area contributed by atoms with Crippen molar-refractivity contribution in [2.24, 2.45) is 0 Å². The van der Waals surface area contributed by atoms with Crippen LogP contribution in [0.4, 0.5) is 5.82 Å². The number of nitrogens with one attached hydrogen (secondary N) is 1. The summed E-state index contributed by atoms with van der Waals surface area (Å²) in [4.78, 5) is 18.2. The molecule has 1 amide bonds. The zero-order valence-corrected chi connectivity index (χ0v) is 10.4. The first-order valence-electron chi connectivity index (χ1n) is 6.19. The predicted molar refractivity (Wildman–Crippen MR) is 68.1 cm³/mol. The van der Waals surface area contributed by atoms with Crippen molar-refractivity contribution >= 4 is 11.7 Å². The fourth-order valence-corrected chi connectivity index (χ4v) is 1.98. The molecule has 0 atom stereocenters. The number of amides is 1. The molecule has 1 aromatic heterocycles. The van der Waals surface area contributed by atoms with E-state index in [4.69, 9.17) is 0 Å². The second kappa shape index (κ2) is 5.17. The number of pyridine rings is 1. The maximum atomic E-state index is 12.2. The minimum atomic E-state index is 0.0938. The molecule has 0 unspecified atom stereocenters. The zero-order chi connectivity index (χ0) is 12.3. The molecule has 1 saturated carbocycles. The molecular weight excluding hydrogens is 214 g/mol. The normalized spacial score (nSPS) is 15.2. The molecule has 2 rings (SSSR count). The Bertz CT molecular complexity index is 401. The Morgan fingerprint density at radius 3 is 2.94 bits per heavy atom. The summed E-state index contributed by atoms with van der Waals surface area (Å²) in [6.07, 6.45) is 5.18. The molecule has 92 valence electrons. The van der Waals surface area contributed by atoms with E-state index in [1.165, 1.54) is 6.42 Å². The van der Waals surface area contributed by atoms with Crippen LogP contribution in [0.1, 0.15) is 36.5 Å². The minimum absolute atomic E-state index is 0.0938. The van der Waals surface area contributed by atoms with Gasteiger partial charge in [-0.3, -0.25) is 4.79 Å². The maximum absolute atomic E-state index is 12.2. The van der Waals surface area contributed by atoms with Gasteiger partial charge in [0.2, 0.25) is 0 Å². The maximum Gasteiger partial charge on any atom is 0.254 e. The quantitative estimate of drug-likeness (QED) is 0.866. The van der Waals surface area contributed by atoms with E-state index in [1.54, 1.807) is 12.3 Å². The average molecular weight is 233 g/mol. The van der Waals surface area contributed by atoms with Crippen molar-refractivity contribution in [2.45, 2.75) is 32.2 Å². The summed E-state index contributed by atoms with van der Waals surface area (Å²) < 4.78 is 0. The van der Waals surface area contributed by atoms with E-state index in [1.807, 2.05) is 24.9 Å². The van der Waals surface area contributed by atoms with Crippen LogP contribution in [0.5, 0.6) is 0 Å². The van der Waals surface area contributed by atoms with Gasteiger partial charge >= 0.3 is 0 Å². The minimum Gasteiger partial charge on any atom is -0.370 e. The summed E-state index contributed by atoms with van der Waals surface area (Å²) in [7, 11) is 1.89. The van der Waals surface area contributed by atoms with Crippen LogP contribution in [-0.2, 0) is 0 Å². The van der Waals surface area contributed by atoms with Crippen molar-refractivity contribution in [2.75, 3.05) is 18.9 Å². The summed E-state index contributed by atoms with van der Waals surface area (Å²) in [5.41, 5.74) is 0.713. The highest BCUT2D eigenvalue weighted by Gasteiger charge is 2.26. The molecule has 1 fully saturated rings. The summed E-state index contributed by atoms with van der Waals surface area (Å²) >= 11 is 0. The fourth-order valence-electron chi connectivity index (χ4n) is 1.98. The lowest BCUT2D eigenvalue weighted by Crippen LogP contribution is -2.41. The second-order valence-electron chi connectivity index (χ2n) is 4.46. The van der Waals surface area contributed by atoms with E-state index in [9.17, 15) is 4.79 Å². The summed E-state index contributed by atoms with van der Waals surface area (Å²) in [5.74, 6) is 0.858. The van der Waals surface area contributed by atoms with E-state index < -0.39 is 0 Å². The van der Waals surface area contributed by atoms with Gasteiger partial charge < -0.3 is 10.2 Å². The van der Waals surface area contributed by atoms with Gasteiger partial charge in [0, 0.05) is 31.4 Å². The van der Waals surface area contributed by atoms with E-state index in [0.29, 0.717) is 11.6 Å². The smallest absolute Gasteiger partial charge is 0.254 e. The Labute approximate surface area is 102 Å². The molecule has 4 heteroatoms. The highest BCUT2D eigenvalue weighted by Crippen LogP contribution is 2.25. The van der Waals surface area contributed by atoms with Crippen molar-refractivity contribution in [3.8, 4) is 0 Å². The Kier molecular flexibility index (Phi) is 3.61. The average Bonchev–Trinajstić information content (AvgIpc) is 2.26. The van der Waals surface area contributed by atoms with Crippen LogP contribution in [0.2, 0.25) is 0 Å². The Balaban J connectivity index is 2.09. The highest BCUT2D eigenvalue weighted by atomic mass is 16.2. The lowest BCUT2D eigenvalue weighted by atomic mass is 9.91. The van der Waals surface area contributed by atoms with Crippen molar-refractivity contribution in [1.82, 2.24) is 9.88 Å². The molecule has 0 radical (unpaired) electrons. The topological polar surface area (TPSA) is 45.2 Å². The lowest BCUT2D eigenvalue weighted by Gasteiger charge is -2.34.